The molecule has 4 fully saturated rings. The Bertz CT molecular complexity index is 768. The van der Waals surface area contributed by atoms with Gasteiger partial charge in [0.05, 0.1) is 0 Å². The van der Waals surface area contributed by atoms with E-state index in [1.807, 2.05) is 12.3 Å². The van der Waals surface area contributed by atoms with E-state index in [1.165, 1.54) is 44.2 Å². The molecule has 4 bridgehead atoms. The van der Waals surface area contributed by atoms with Crippen molar-refractivity contribution < 1.29 is 9.18 Å². The highest BCUT2D eigenvalue weighted by Gasteiger charge is 2.48. The minimum Gasteiger partial charge on any atom is -0.361 e. The smallest absolute Gasteiger partial charge is 0.223 e. The van der Waals surface area contributed by atoms with Crippen molar-refractivity contribution in [2.45, 2.75) is 57.0 Å². The highest BCUT2D eigenvalue weighted by atomic mass is 19.1. The maximum Gasteiger partial charge on any atom is 0.223 e. The summed E-state index contributed by atoms with van der Waals surface area (Å²) >= 11 is 0. The number of fused-ring (bicyclic) bond motifs is 1. The van der Waals surface area contributed by atoms with E-state index in [0.29, 0.717) is 24.4 Å². The molecule has 0 unspecified atom stereocenters. The summed E-state index contributed by atoms with van der Waals surface area (Å²) in [5.74, 6) is 1.84. The summed E-state index contributed by atoms with van der Waals surface area (Å²) in [5.41, 5.74) is 1.93. The molecular formula is C20H23FN2O. The van der Waals surface area contributed by atoms with E-state index in [0.717, 1.165) is 34.7 Å². The van der Waals surface area contributed by atoms with Crippen molar-refractivity contribution >= 4 is 16.8 Å². The lowest BCUT2D eigenvalue weighted by atomic mass is 9.63. The largest absolute Gasteiger partial charge is 0.361 e. The molecule has 2 saturated carbocycles. The number of piperidine rings is 2. The van der Waals surface area contributed by atoms with Gasteiger partial charge in [-0.15, -0.1) is 0 Å². The fourth-order valence-electron chi connectivity index (χ4n) is 5.68. The van der Waals surface area contributed by atoms with Crippen molar-refractivity contribution in [3.05, 3.63) is 35.8 Å². The van der Waals surface area contributed by atoms with Crippen molar-refractivity contribution in [2.24, 2.45) is 11.8 Å². The van der Waals surface area contributed by atoms with Crippen LogP contribution in [-0.4, -0.2) is 27.9 Å². The number of aromatic amines is 1. The van der Waals surface area contributed by atoms with Crippen molar-refractivity contribution in [2.75, 3.05) is 0 Å². The number of benzene rings is 1. The number of hydrogen-bond donors (Lipinski definition) is 1. The Labute approximate surface area is 141 Å². The van der Waals surface area contributed by atoms with Crippen molar-refractivity contribution in [3.63, 3.8) is 0 Å². The number of nitrogens with one attached hydrogen (secondary N) is 1. The topological polar surface area (TPSA) is 36.1 Å². The molecule has 2 aliphatic carbocycles. The van der Waals surface area contributed by atoms with Gasteiger partial charge in [0.2, 0.25) is 5.91 Å². The van der Waals surface area contributed by atoms with Gasteiger partial charge < -0.3 is 9.88 Å². The summed E-state index contributed by atoms with van der Waals surface area (Å²) in [6.07, 6.45) is 9.52. The van der Waals surface area contributed by atoms with Crippen LogP contribution in [0.4, 0.5) is 4.39 Å². The van der Waals surface area contributed by atoms with E-state index in [-0.39, 0.29) is 5.82 Å². The van der Waals surface area contributed by atoms with Gasteiger partial charge in [-0.1, -0.05) is 0 Å². The Morgan fingerprint density at radius 1 is 1.12 bits per heavy atom. The van der Waals surface area contributed by atoms with E-state index >= 15 is 0 Å². The first-order chi connectivity index (χ1) is 11.7. The second-order valence-corrected chi connectivity index (χ2v) is 8.02. The van der Waals surface area contributed by atoms with Crippen LogP contribution in [0.1, 0.15) is 44.1 Å². The number of rotatable bonds is 3. The van der Waals surface area contributed by atoms with Crippen molar-refractivity contribution in [1.82, 2.24) is 9.88 Å². The molecule has 4 aliphatic rings. The predicted molar refractivity (Wildman–Crippen MR) is 91.1 cm³/mol. The first-order valence-electron chi connectivity index (χ1n) is 9.24. The number of aromatic nitrogens is 1. The lowest BCUT2D eigenvalue weighted by Gasteiger charge is -2.56. The summed E-state index contributed by atoms with van der Waals surface area (Å²) in [5, 5.41) is 1.03. The summed E-state index contributed by atoms with van der Waals surface area (Å²) in [7, 11) is 0. The number of nitrogens with zero attached hydrogens (tertiary/aromatic N) is 1. The van der Waals surface area contributed by atoms with Crippen LogP contribution in [0.25, 0.3) is 10.9 Å². The number of hydrogen-bond acceptors (Lipinski definition) is 1. The fraction of sp³-hybridized carbons (Fsp3) is 0.550. The second-order valence-electron chi connectivity index (χ2n) is 8.02. The Morgan fingerprint density at radius 3 is 2.54 bits per heavy atom. The monoisotopic (exact) mass is 326 g/mol. The summed E-state index contributed by atoms with van der Waals surface area (Å²) in [6, 6.07) is 5.83. The zero-order chi connectivity index (χ0) is 16.3. The molecule has 0 spiro atoms. The van der Waals surface area contributed by atoms with Gasteiger partial charge in [-0.2, -0.15) is 0 Å². The van der Waals surface area contributed by atoms with Crippen LogP contribution in [0.3, 0.4) is 0 Å². The SMILES string of the molecule is O=C(CCc1c[nH]c2cc(F)ccc12)N1C2CC3CC(C2)CC1C3. The molecule has 2 aliphatic heterocycles. The van der Waals surface area contributed by atoms with Gasteiger partial charge in [0.15, 0.2) is 0 Å². The van der Waals surface area contributed by atoms with Crippen LogP contribution >= 0.6 is 0 Å². The molecule has 2 saturated heterocycles. The minimum atomic E-state index is -0.230. The third kappa shape index (κ3) is 2.27. The van der Waals surface area contributed by atoms with Gasteiger partial charge in [0.1, 0.15) is 5.82 Å². The first kappa shape index (κ1) is 14.5. The zero-order valence-corrected chi connectivity index (χ0v) is 13.8. The molecule has 0 radical (unpaired) electrons. The molecule has 3 heterocycles. The summed E-state index contributed by atoms with van der Waals surface area (Å²) in [4.78, 5) is 18.2. The molecule has 2 aromatic rings. The van der Waals surface area contributed by atoms with Gasteiger partial charge in [-0.05, 0) is 74.1 Å². The van der Waals surface area contributed by atoms with Crippen LogP contribution < -0.4 is 0 Å². The van der Waals surface area contributed by atoms with E-state index in [1.54, 1.807) is 0 Å². The van der Waals surface area contributed by atoms with Gasteiger partial charge in [-0.25, -0.2) is 4.39 Å². The Kier molecular flexibility index (Phi) is 3.22. The number of halogens is 1. The van der Waals surface area contributed by atoms with E-state index < -0.39 is 0 Å². The third-order valence-electron chi connectivity index (χ3n) is 6.50. The van der Waals surface area contributed by atoms with Gasteiger partial charge >= 0.3 is 0 Å². The van der Waals surface area contributed by atoms with Gasteiger partial charge in [-0.3, -0.25) is 4.79 Å². The third-order valence-corrected chi connectivity index (χ3v) is 6.50. The molecule has 1 N–H and O–H groups in total. The molecule has 24 heavy (non-hydrogen) atoms. The zero-order valence-electron chi connectivity index (χ0n) is 13.8. The number of carbonyl (C=O) groups is 1. The normalized spacial score (nSPS) is 31.1. The van der Waals surface area contributed by atoms with Crippen molar-refractivity contribution in [1.29, 1.82) is 0 Å². The van der Waals surface area contributed by atoms with E-state index in [2.05, 4.69) is 9.88 Å². The number of carbonyl (C=O) groups excluding carboxylic acids is 1. The standard InChI is InChI=1S/C20H23FN2O/c21-15-2-3-18-14(11-22-19(18)10-15)1-4-20(24)23-16-6-12-5-13(8-16)9-17(23)7-12/h2-3,10-13,16-17,22H,1,4-9H2. The molecule has 4 heteroatoms. The van der Waals surface area contributed by atoms with E-state index in [4.69, 9.17) is 0 Å². The lowest BCUT2D eigenvalue weighted by molar-refractivity contribution is -0.149. The maximum atomic E-state index is 13.3. The molecule has 1 aromatic carbocycles. The highest BCUT2D eigenvalue weighted by molar-refractivity contribution is 5.84. The lowest BCUT2D eigenvalue weighted by Crippen LogP contribution is -2.59. The second kappa shape index (κ2) is 5.33. The molecule has 126 valence electrons. The van der Waals surface area contributed by atoms with Gasteiger partial charge in [0.25, 0.3) is 0 Å². The van der Waals surface area contributed by atoms with Crippen LogP contribution in [-0.2, 0) is 11.2 Å². The fourth-order valence-corrected chi connectivity index (χ4v) is 5.68. The van der Waals surface area contributed by atoms with Crippen LogP contribution in [0.5, 0.6) is 0 Å². The molecule has 1 aromatic heterocycles. The number of H-pyrrole nitrogens is 1. The molecule has 3 nitrogen and oxygen atoms in total. The molecule has 6 rings (SSSR count). The van der Waals surface area contributed by atoms with Crippen LogP contribution in [0.2, 0.25) is 0 Å². The first-order valence-corrected chi connectivity index (χ1v) is 9.24. The number of amides is 1. The van der Waals surface area contributed by atoms with Crippen LogP contribution in [0.15, 0.2) is 24.4 Å². The molecule has 1 amide bonds. The molecular weight excluding hydrogens is 303 g/mol. The summed E-state index contributed by atoms with van der Waals surface area (Å²) in [6.45, 7) is 0. The Hall–Kier alpha value is -1.84. The van der Waals surface area contributed by atoms with E-state index in [9.17, 15) is 9.18 Å². The predicted octanol–water partition coefficient (Wildman–Crippen LogP) is 4.03. The van der Waals surface area contributed by atoms with Crippen LogP contribution in [0, 0.1) is 17.7 Å². The Morgan fingerprint density at radius 2 is 1.83 bits per heavy atom. The quantitative estimate of drug-likeness (QED) is 0.908. The average molecular weight is 326 g/mol. The summed E-state index contributed by atoms with van der Waals surface area (Å²) < 4.78 is 13.3. The molecule has 0 atom stereocenters. The average Bonchev–Trinajstić information content (AvgIpc) is 2.94. The minimum absolute atomic E-state index is 0.230. The Balaban J connectivity index is 1.30. The van der Waals surface area contributed by atoms with Gasteiger partial charge in [0, 0.05) is 35.6 Å². The number of aryl methyl sites for hydroxylation is 1. The highest BCUT2D eigenvalue weighted by Crippen LogP contribution is 2.49. The van der Waals surface area contributed by atoms with Crippen molar-refractivity contribution in [3.8, 4) is 0 Å². The maximum absolute atomic E-state index is 13.3.